The Balaban J connectivity index is 2.04. The lowest BCUT2D eigenvalue weighted by Gasteiger charge is -2.19. The molecule has 3 aromatic rings. The molecule has 29 heavy (non-hydrogen) atoms. The van der Waals surface area contributed by atoms with E-state index in [2.05, 4.69) is 124 Å². The van der Waals surface area contributed by atoms with E-state index < -0.39 is 8.07 Å². The summed E-state index contributed by atoms with van der Waals surface area (Å²) in [5, 5.41) is 1.34. The van der Waals surface area contributed by atoms with Gasteiger partial charge in [0.25, 0.3) is 0 Å². The second-order valence-electron chi connectivity index (χ2n) is 8.49. The van der Waals surface area contributed by atoms with E-state index in [4.69, 9.17) is 0 Å². The molecule has 0 aromatic heterocycles. The van der Waals surface area contributed by atoms with Gasteiger partial charge in [-0.1, -0.05) is 97.2 Å². The van der Waals surface area contributed by atoms with Crippen LogP contribution in [0.5, 0.6) is 0 Å². The van der Waals surface area contributed by atoms with Crippen LogP contribution in [0.2, 0.25) is 19.6 Å². The summed E-state index contributed by atoms with van der Waals surface area (Å²) in [6.45, 7) is 11.3. The molecule has 0 saturated carbocycles. The van der Waals surface area contributed by atoms with Gasteiger partial charge in [-0.2, -0.15) is 0 Å². The monoisotopic (exact) mass is 392 g/mol. The van der Waals surface area contributed by atoms with Crippen molar-refractivity contribution >= 4 is 19.3 Å². The molecule has 0 aliphatic carbocycles. The highest BCUT2D eigenvalue weighted by molar-refractivity contribution is 6.93. The van der Waals surface area contributed by atoms with E-state index in [1.54, 1.807) is 0 Å². The van der Waals surface area contributed by atoms with Crippen LogP contribution in [0, 0.1) is 25.7 Å². The summed E-state index contributed by atoms with van der Waals surface area (Å²) in [4.78, 5) is 0. The zero-order chi connectivity index (χ0) is 20.9. The molecule has 144 valence electrons. The van der Waals surface area contributed by atoms with Gasteiger partial charge < -0.3 is 0 Å². The SMILES string of the molecule is Cc1ccc(C#Cc2ccccc2C=C=C(c2cccc(C)c2)[Si](C)(C)C)cc1. The average Bonchev–Trinajstić information content (AvgIpc) is 2.67. The predicted molar refractivity (Wildman–Crippen MR) is 130 cm³/mol. The van der Waals surface area contributed by atoms with Crippen molar-refractivity contribution in [3.05, 3.63) is 112 Å². The largest absolute Gasteiger partial charge is 0.121 e. The fourth-order valence-electron chi connectivity index (χ4n) is 3.20. The van der Waals surface area contributed by atoms with E-state index in [1.165, 1.54) is 21.9 Å². The van der Waals surface area contributed by atoms with Crippen molar-refractivity contribution in [3.63, 3.8) is 0 Å². The van der Waals surface area contributed by atoms with Crippen LogP contribution >= 0.6 is 0 Å². The Morgan fingerprint density at radius 1 is 0.759 bits per heavy atom. The third-order valence-electron chi connectivity index (χ3n) is 4.78. The van der Waals surface area contributed by atoms with Crippen molar-refractivity contribution in [2.24, 2.45) is 0 Å². The first-order valence-electron chi connectivity index (χ1n) is 10.0. The van der Waals surface area contributed by atoms with Gasteiger partial charge in [0.1, 0.15) is 0 Å². The van der Waals surface area contributed by atoms with Gasteiger partial charge in [-0.3, -0.25) is 0 Å². The zero-order valence-electron chi connectivity index (χ0n) is 18.0. The molecule has 0 atom stereocenters. The van der Waals surface area contributed by atoms with Gasteiger partial charge in [-0.15, -0.1) is 5.73 Å². The van der Waals surface area contributed by atoms with Gasteiger partial charge in [0, 0.05) is 11.1 Å². The minimum atomic E-state index is -1.56. The molecule has 0 nitrogen and oxygen atoms in total. The molecule has 1 heteroatoms. The molecule has 3 aromatic carbocycles. The molecule has 0 aliphatic heterocycles. The highest BCUT2D eigenvalue weighted by atomic mass is 28.3. The lowest BCUT2D eigenvalue weighted by atomic mass is 10.1. The molecule has 0 fully saturated rings. The molecule has 0 spiro atoms. The maximum Gasteiger partial charge on any atom is 0.0883 e. The standard InChI is InChI=1S/C28H28Si/c1-22-13-15-24(16-14-22)17-18-25-10-6-7-11-26(25)19-20-28(29(3,4)5)27-12-8-9-23(2)21-27/h6-16,19,21H,1-5H3. The molecule has 3 rings (SSSR count). The zero-order valence-corrected chi connectivity index (χ0v) is 19.0. The molecule has 0 N–H and O–H groups in total. The third kappa shape index (κ3) is 5.72. The van der Waals surface area contributed by atoms with Gasteiger partial charge in [0.15, 0.2) is 0 Å². The highest BCUT2D eigenvalue weighted by Gasteiger charge is 2.21. The topological polar surface area (TPSA) is 0 Å². The molecular weight excluding hydrogens is 364 g/mol. The van der Waals surface area contributed by atoms with E-state index in [0.29, 0.717) is 0 Å². The fraction of sp³-hybridized carbons (Fsp3) is 0.179. The summed E-state index contributed by atoms with van der Waals surface area (Å²) in [7, 11) is -1.56. The molecule has 0 aliphatic rings. The highest BCUT2D eigenvalue weighted by Crippen LogP contribution is 2.26. The molecular formula is C28H28Si. The summed E-state index contributed by atoms with van der Waals surface area (Å²) < 4.78 is 0. The molecule has 0 heterocycles. The van der Waals surface area contributed by atoms with Gasteiger partial charge in [-0.25, -0.2) is 0 Å². The van der Waals surface area contributed by atoms with Crippen LogP contribution in [0.4, 0.5) is 0 Å². The third-order valence-corrected chi connectivity index (χ3v) is 6.72. The van der Waals surface area contributed by atoms with Crippen LogP contribution < -0.4 is 0 Å². The van der Waals surface area contributed by atoms with Gasteiger partial charge in [0.2, 0.25) is 0 Å². The predicted octanol–water partition coefficient (Wildman–Crippen LogP) is 7.28. The number of hydrogen-bond acceptors (Lipinski definition) is 0. The van der Waals surface area contributed by atoms with E-state index in [-0.39, 0.29) is 0 Å². The van der Waals surface area contributed by atoms with Crippen molar-refractivity contribution < 1.29 is 0 Å². The Morgan fingerprint density at radius 2 is 1.48 bits per heavy atom. The number of rotatable bonds is 3. The Morgan fingerprint density at radius 3 is 2.17 bits per heavy atom. The summed E-state index contributed by atoms with van der Waals surface area (Å²) >= 11 is 0. The number of benzene rings is 3. The summed E-state index contributed by atoms with van der Waals surface area (Å²) in [5.74, 6) is 6.63. The van der Waals surface area contributed by atoms with Crippen molar-refractivity contribution in [1.29, 1.82) is 0 Å². The van der Waals surface area contributed by atoms with E-state index in [9.17, 15) is 0 Å². The maximum absolute atomic E-state index is 3.65. The second-order valence-corrected chi connectivity index (χ2v) is 13.5. The van der Waals surface area contributed by atoms with Crippen molar-refractivity contribution in [3.8, 4) is 11.8 Å². The first kappa shape index (κ1) is 20.7. The first-order chi connectivity index (χ1) is 13.8. The van der Waals surface area contributed by atoms with Crippen LogP contribution in [0.3, 0.4) is 0 Å². The van der Waals surface area contributed by atoms with E-state index in [0.717, 1.165) is 16.7 Å². The van der Waals surface area contributed by atoms with Crippen molar-refractivity contribution in [1.82, 2.24) is 0 Å². The Labute approximate surface area is 176 Å². The minimum absolute atomic E-state index is 1.03. The normalized spacial score (nSPS) is 10.5. The number of aryl methyl sites for hydroxylation is 2. The Bertz CT molecular complexity index is 1120. The molecule has 0 amide bonds. The smallest absolute Gasteiger partial charge is 0.0883 e. The lowest BCUT2D eigenvalue weighted by Crippen LogP contribution is -2.22. The van der Waals surface area contributed by atoms with Gasteiger partial charge in [-0.05, 0) is 54.4 Å². The van der Waals surface area contributed by atoms with Crippen LogP contribution in [-0.4, -0.2) is 8.07 Å². The maximum atomic E-state index is 3.65. The molecule has 0 unspecified atom stereocenters. The Kier molecular flexibility index (Phi) is 6.40. The summed E-state index contributed by atoms with van der Waals surface area (Å²) in [6, 6.07) is 25.4. The summed E-state index contributed by atoms with van der Waals surface area (Å²) in [6.07, 6.45) is 2.11. The minimum Gasteiger partial charge on any atom is -0.121 e. The van der Waals surface area contributed by atoms with Crippen LogP contribution in [-0.2, 0) is 0 Å². The molecule has 0 bridgehead atoms. The number of hydrogen-bond donors (Lipinski definition) is 0. The van der Waals surface area contributed by atoms with E-state index in [1.807, 2.05) is 6.07 Å². The van der Waals surface area contributed by atoms with Crippen LogP contribution in [0.25, 0.3) is 11.3 Å². The van der Waals surface area contributed by atoms with Crippen molar-refractivity contribution in [2.45, 2.75) is 33.5 Å². The molecule has 0 radical (unpaired) electrons. The van der Waals surface area contributed by atoms with Gasteiger partial charge in [0.05, 0.1) is 8.07 Å². The Hall–Kier alpha value is -3.04. The first-order valence-corrected chi connectivity index (χ1v) is 13.5. The van der Waals surface area contributed by atoms with Gasteiger partial charge >= 0.3 is 0 Å². The van der Waals surface area contributed by atoms with Crippen LogP contribution in [0.15, 0.2) is 78.5 Å². The quantitative estimate of drug-likeness (QED) is 0.250. The fourth-order valence-corrected chi connectivity index (χ4v) is 4.72. The second kappa shape index (κ2) is 8.97. The average molecular weight is 393 g/mol. The lowest BCUT2D eigenvalue weighted by molar-refractivity contribution is 1.45. The van der Waals surface area contributed by atoms with E-state index >= 15 is 0 Å². The van der Waals surface area contributed by atoms with Crippen molar-refractivity contribution in [2.75, 3.05) is 0 Å². The van der Waals surface area contributed by atoms with Crippen LogP contribution in [0.1, 0.15) is 33.4 Å². The molecule has 0 saturated heterocycles. The summed E-state index contributed by atoms with van der Waals surface area (Å²) in [5.41, 5.74) is 10.6.